The molecule has 0 aliphatic carbocycles. The van der Waals surface area contributed by atoms with E-state index in [1.807, 2.05) is 0 Å². The molecule has 0 radical (unpaired) electrons. The minimum absolute atomic E-state index is 0.0838. The summed E-state index contributed by atoms with van der Waals surface area (Å²) in [4.78, 5) is 24.0. The maximum atomic E-state index is 14.0. The van der Waals surface area contributed by atoms with Gasteiger partial charge in [-0.2, -0.15) is 0 Å². The first kappa shape index (κ1) is 14.9. The molecule has 1 saturated heterocycles. The number of thiophene rings is 1. The van der Waals surface area contributed by atoms with E-state index < -0.39 is 23.9 Å². The Morgan fingerprint density at radius 2 is 2.32 bits per heavy atom. The molecule has 2 heterocycles. The van der Waals surface area contributed by atoms with Gasteiger partial charge in [0, 0.05) is 29.2 Å². The second-order valence-corrected chi connectivity index (χ2v) is 5.86. The molecule has 1 aliphatic heterocycles. The minimum Gasteiger partial charge on any atom is -0.463 e. The van der Waals surface area contributed by atoms with Crippen LogP contribution >= 0.6 is 11.3 Å². The molecule has 1 fully saturated rings. The molecule has 0 bridgehead atoms. The zero-order chi connectivity index (χ0) is 15.7. The quantitative estimate of drug-likeness (QED) is 0.809. The van der Waals surface area contributed by atoms with E-state index in [0.29, 0.717) is 22.1 Å². The van der Waals surface area contributed by atoms with Gasteiger partial charge in [0.25, 0.3) is 0 Å². The van der Waals surface area contributed by atoms with Gasteiger partial charge in [-0.15, -0.1) is 11.3 Å². The van der Waals surface area contributed by atoms with Crippen molar-refractivity contribution < 1.29 is 28.2 Å². The Morgan fingerprint density at radius 3 is 3.00 bits per heavy atom. The van der Waals surface area contributed by atoms with Gasteiger partial charge < -0.3 is 14.2 Å². The van der Waals surface area contributed by atoms with Crippen LogP contribution < -0.4 is 0 Å². The van der Waals surface area contributed by atoms with E-state index in [1.165, 1.54) is 13.2 Å². The average molecular weight is 324 g/mol. The summed E-state index contributed by atoms with van der Waals surface area (Å²) in [5, 5.41) is 0.357. The third kappa shape index (κ3) is 2.57. The summed E-state index contributed by atoms with van der Waals surface area (Å²) in [6.45, 7) is 0.323. The summed E-state index contributed by atoms with van der Waals surface area (Å²) in [5.74, 6) is -1.62. The molecule has 0 spiro atoms. The molecule has 3 rings (SSSR count). The molecule has 22 heavy (non-hydrogen) atoms. The first-order chi connectivity index (χ1) is 10.6. The number of carbonyl (C=O) groups is 2. The SMILES string of the molecule is COCc1c(C(=O)O[C@@H]2CCOC2=O)sc2cccc(F)c12. The predicted molar refractivity (Wildman–Crippen MR) is 77.3 cm³/mol. The summed E-state index contributed by atoms with van der Waals surface area (Å²) < 4.78 is 29.7. The van der Waals surface area contributed by atoms with Crippen LogP contribution in [0.1, 0.15) is 21.7 Å². The Labute approximate surface area is 129 Å². The standard InChI is InChI=1S/C15H13FO5S/c1-19-7-8-12-9(16)3-2-4-11(12)22-13(8)15(18)21-10-5-6-20-14(10)17/h2-4,10H,5-7H2,1H3/t10-/m1/s1. The number of halogens is 1. The van der Waals surface area contributed by atoms with Crippen molar-refractivity contribution in [3.8, 4) is 0 Å². The fourth-order valence-corrected chi connectivity index (χ4v) is 3.49. The summed E-state index contributed by atoms with van der Waals surface area (Å²) in [7, 11) is 1.47. The monoisotopic (exact) mass is 324 g/mol. The molecule has 116 valence electrons. The normalized spacial score (nSPS) is 17.7. The average Bonchev–Trinajstić information content (AvgIpc) is 3.05. The van der Waals surface area contributed by atoms with E-state index in [2.05, 4.69) is 0 Å². The molecular formula is C15H13FO5S. The number of carbonyl (C=O) groups excluding carboxylic acids is 2. The maximum absolute atomic E-state index is 14.0. The number of hydrogen-bond acceptors (Lipinski definition) is 6. The van der Waals surface area contributed by atoms with Crippen molar-refractivity contribution in [1.29, 1.82) is 0 Å². The van der Waals surface area contributed by atoms with Gasteiger partial charge >= 0.3 is 11.9 Å². The van der Waals surface area contributed by atoms with Gasteiger partial charge in [-0.25, -0.2) is 14.0 Å². The topological polar surface area (TPSA) is 61.8 Å². The number of hydrogen-bond donors (Lipinski definition) is 0. The third-order valence-electron chi connectivity index (χ3n) is 3.37. The molecule has 5 nitrogen and oxygen atoms in total. The van der Waals surface area contributed by atoms with Gasteiger partial charge in [0.2, 0.25) is 6.10 Å². The number of esters is 2. The highest BCUT2D eigenvalue weighted by molar-refractivity contribution is 7.21. The van der Waals surface area contributed by atoms with Gasteiger partial charge in [-0.3, -0.25) is 0 Å². The smallest absolute Gasteiger partial charge is 0.349 e. The maximum Gasteiger partial charge on any atom is 0.349 e. The highest BCUT2D eigenvalue weighted by Crippen LogP contribution is 2.34. The molecule has 0 amide bonds. The van der Waals surface area contributed by atoms with Crippen molar-refractivity contribution >= 4 is 33.4 Å². The minimum atomic E-state index is -0.891. The Bertz CT molecular complexity index is 739. The molecule has 0 unspecified atom stereocenters. The number of methoxy groups -OCH3 is 1. The summed E-state index contributed by atoms with van der Waals surface area (Å²) >= 11 is 1.12. The molecule has 1 aromatic heterocycles. The second kappa shape index (κ2) is 6.02. The van der Waals surface area contributed by atoms with Crippen LogP contribution in [0.25, 0.3) is 10.1 Å². The van der Waals surface area contributed by atoms with Crippen LogP contribution in [0, 0.1) is 5.82 Å². The Kier molecular flexibility index (Phi) is 4.08. The largest absolute Gasteiger partial charge is 0.463 e. The molecule has 7 heteroatoms. The summed E-state index contributed by atoms with van der Waals surface area (Å²) in [5.41, 5.74) is 0.442. The molecule has 0 saturated carbocycles. The fourth-order valence-electron chi connectivity index (χ4n) is 2.38. The highest BCUT2D eigenvalue weighted by atomic mass is 32.1. The number of benzene rings is 1. The molecule has 1 aliphatic rings. The van der Waals surface area contributed by atoms with Crippen molar-refractivity contribution in [3.05, 3.63) is 34.5 Å². The summed E-state index contributed by atoms with van der Waals surface area (Å²) in [6, 6.07) is 4.63. The molecule has 0 N–H and O–H groups in total. The second-order valence-electron chi connectivity index (χ2n) is 4.81. The lowest BCUT2D eigenvalue weighted by molar-refractivity contribution is -0.145. The van der Waals surface area contributed by atoms with E-state index in [9.17, 15) is 14.0 Å². The number of rotatable bonds is 4. The zero-order valence-electron chi connectivity index (χ0n) is 11.8. The van der Waals surface area contributed by atoms with Crippen LogP contribution in [0.5, 0.6) is 0 Å². The first-order valence-electron chi connectivity index (χ1n) is 6.68. The van der Waals surface area contributed by atoms with E-state index in [0.717, 1.165) is 11.3 Å². The van der Waals surface area contributed by atoms with Crippen LogP contribution in [0.15, 0.2) is 18.2 Å². The van der Waals surface area contributed by atoms with Gasteiger partial charge in [0.05, 0.1) is 13.2 Å². The lowest BCUT2D eigenvalue weighted by Gasteiger charge is -2.08. The van der Waals surface area contributed by atoms with E-state index in [1.54, 1.807) is 12.1 Å². The Hall–Kier alpha value is -1.99. The lowest BCUT2D eigenvalue weighted by atomic mass is 10.1. The molecule has 1 atom stereocenters. The molecule has 2 aromatic rings. The van der Waals surface area contributed by atoms with Gasteiger partial charge in [0.15, 0.2) is 0 Å². The predicted octanol–water partition coefficient (Wildman–Crippen LogP) is 2.66. The van der Waals surface area contributed by atoms with Crippen LogP contribution in [0.3, 0.4) is 0 Å². The highest BCUT2D eigenvalue weighted by Gasteiger charge is 2.32. The number of cyclic esters (lactones) is 1. The van der Waals surface area contributed by atoms with Gasteiger partial charge in [0.1, 0.15) is 10.7 Å². The van der Waals surface area contributed by atoms with Crippen molar-refractivity contribution in [1.82, 2.24) is 0 Å². The van der Waals surface area contributed by atoms with E-state index in [-0.39, 0.29) is 18.1 Å². The van der Waals surface area contributed by atoms with Crippen molar-refractivity contribution in [2.75, 3.05) is 13.7 Å². The van der Waals surface area contributed by atoms with Gasteiger partial charge in [-0.1, -0.05) is 6.07 Å². The van der Waals surface area contributed by atoms with Crippen molar-refractivity contribution in [2.24, 2.45) is 0 Å². The summed E-state index contributed by atoms with van der Waals surface area (Å²) in [6.07, 6.45) is -0.554. The Morgan fingerprint density at radius 1 is 1.50 bits per heavy atom. The number of ether oxygens (including phenoxy) is 3. The van der Waals surface area contributed by atoms with Crippen molar-refractivity contribution in [2.45, 2.75) is 19.1 Å². The fraction of sp³-hybridized carbons (Fsp3) is 0.333. The lowest BCUT2D eigenvalue weighted by Crippen LogP contribution is -2.22. The molecule has 1 aromatic carbocycles. The Balaban J connectivity index is 1.98. The van der Waals surface area contributed by atoms with Crippen LogP contribution in [0.2, 0.25) is 0 Å². The number of fused-ring (bicyclic) bond motifs is 1. The first-order valence-corrected chi connectivity index (χ1v) is 7.50. The van der Waals surface area contributed by atoms with Crippen molar-refractivity contribution in [3.63, 3.8) is 0 Å². The third-order valence-corrected chi connectivity index (χ3v) is 4.55. The zero-order valence-corrected chi connectivity index (χ0v) is 12.6. The van der Waals surface area contributed by atoms with Crippen LogP contribution in [-0.2, 0) is 25.6 Å². The van der Waals surface area contributed by atoms with Crippen LogP contribution in [-0.4, -0.2) is 31.8 Å². The van der Waals surface area contributed by atoms with E-state index >= 15 is 0 Å². The van der Waals surface area contributed by atoms with Gasteiger partial charge in [-0.05, 0) is 12.1 Å². The van der Waals surface area contributed by atoms with Crippen LogP contribution in [0.4, 0.5) is 4.39 Å². The molecular weight excluding hydrogens is 311 g/mol. The van der Waals surface area contributed by atoms with E-state index in [4.69, 9.17) is 14.2 Å².